The molecule has 132 valence electrons. The summed E-state index contributed by atoms with van der Waals surface area (Å²) in [7, 11) is 2.03. The average molecular weight is 315 g/mol. The Hall–Kier alpha value is -0.160. The lowest BCUT2D eigenvalue weighted by molar-refractivity contribution is -0.195. The number of aliphatic hydroxyl groups excluding tert-OH is 2. The molecule has 22 heavy (non-hydrogen) atoms. The summed E-state index contributed by atoms with van der Waals surface area (Å²) in [6, 6.07) is 0. The van der Waals surface area contributed by atoms with Crippen molar-refractivity contribution in [1.29, 1.82) is 0 Å². The second kappa shape index (κ2) is 10.6. The van der Waals surface area contributed by atoms with Crippen LogP contribution in [0.25, 0.3) is 0 Å². The van der Waals surface area contributed by atoms with E-state index in [-0.39, 0.29) is 0 Å². The van der Waals surface area contributed by atoms with Crippen molar-refractivity contribution >= 4 is 0 Å². The molecule has 0 amide bonds. The first-order valence-corrected chi connectivity index (χ1v) is 9.28. The molecule has 1 saturated carbocycles. The Morgan fingerprint density at radius 2 is 1.64 bits per heavy atom. The number of hydrogen-bond acceptors (Lipinski definition) is 4. The molecule has 2 N–H and O–H groups in total. The topological polar surface area (TPSA) is 52.9 Å². The van der Waals surface area contributed by atoms with E-state index in [4.69, 9.17) is 4.74 Å². The molecule has 0 saturated heterocycles. The summed E-state index contributed by atoms with van der Waals surface area (Å²) in [5.74, 6) is 0. The maximum atomic E-state index is 10.5. The molecule has 0 radical (unpaired) electrons. The summed E-state index contributed by atoms with van der Waals surface area (Å²) in [5.41, 5.74) is -0.683. The van der Waals surface area contributed by atoms with Gasteiger partial charge in [-0.3, -0.25) is 4.90 Å². The van der Waals surface area contributed by atoms with Crippen molar-refractivity contribution in [3.05, 3.63) is 0 Å². The summed E-state index contributed by atoms with van der Waals surface area (Å²) in [4.78, 5) is 2.14. The van der Waals surface area contributed by atoms with Gasteiger partial charge < -0.3 is 14.9 Å². The molecule has 3 atom stereocenters. The molecule has 4 nitrogen and oxygen atoms in total. The summed E-state index contributed by atoms with van der Waals surface area (Å²) in [6.45, 7) is 5.98. The molecule has 0 aromatic heterocycles. The van der Waals surface area contributed by atoms with E-state index < -0.39 is 17.9 Å². The van der Waals surface area contributed by atoms with Crippen LogP contribution in [0.5, 0.6) is 0 Å². The van der Waals surface area contributed by atoms with Crippen LogP contribution in [0.15, 0.2) is 0 Å². The van der Waals surface area contributed by atoms with Gasteiger partial charge in [-0.25, -0.2) is 0 Å². The van der Waals surface area contributed by atoms with E-state index in [1.165, 1.54) is 25.7 Å². The highest BCUT2D eigenvalue weighted by Gasteiger charge is 2.50. The Bertz CT molecular complexity index is 288. The highest BCUT2D eigenvalue weighted by molar-refractivity contribution is 4.97. The third kappa shape index (κ3) is 5.80. The van der Waals surface area contributed by atoms with Crippen molar-refractivity contribution in [2.75, 3.05) is 20.2 Å². The molecule has 1 aliphatic rings. The van der Waals surface area contributed by atoms with Crippen LogP contribution in [0, 0.1) is 0 Å². The van der Waals surface area contributed by atoms with Gasteiger partial charge in [0.15, 0.2) is 0 Å². The maximum absolute atomic E-state index is 10.5. The van der Waals surface area contributed by atoms with E-state index in [1.807, 2.05) is 7.05 Å². The van der Waals surface area contributed by atoms with Crippen LogP contribution in [0.3, 0.4) is 0 Å². The van der Waals surface area contributed by atoms with Gasteiger partial charge in [0.1, 0.15) is 5.72 Å². The van der Waals surface area contributed by atoms with Crippen LogP contribution >= 0.6 is 0 Å². The molecule has 0 bridgehead atoms. The molecular weight excluding hydrogens is 278 g/mol. The zero-order chi connectivity index (χ0) is 16.4. The molecule has 0 aromatic rings. The standard InChI is InChI=1S/C18H37NO3/c1-4-6-8-9-10-12-19(3)18(22-13-11-7-5-2)15-16(20)14-17(18)21/h16-17,20-21H,4-15H2,1-3H3/t16-,17+,18-/m1/s1. The third-order valence-corrected chi connectivity index (χ3v) is 4.89. The summed E-state index contributed by atoms with van der Waals surface area (Å²) in [5, 5.41) is 20.4. The quantitative estimate of drug-likeness (QED) is 0.428. The fourth-order valence-electron chi connectivity index (χ4n) is 3.42. The van der Waals surface area contributed by atoms with Gasteiger partial charge in [-0.2, -0.15) is 0 Å². The van der Waals surface area contributed by atoms with Crippen LogP contribution < -0.4 is 0 Å². The van der Waals surface area contributed by atoms with E-state index in [2.05, 4.69) is 18.7 Å². The van der Waals surface area contributed by atoms with Crippen LogP contribution in [-0.4, -0.2) is 53.2 Å². The van der Waals surface area contributed by atoms with Gasteiger partial charge in [-0.1, -0.05) is 52.4 Å². The molecule has 1 aliphatic carbocycles. The Labute approximate surface area is 136 Å². The van der Waals surface area contributed by atoms with E-state index in [0.717, 1.165) is 32.2 Å². The van der Waals surface area contributed by atoms with Crippen LogP contribution in [0.4, 0.5) is 0 Å². The molecule has 0 spiro atoms. The van der Waals surface area contributed by atoms with E-state index >= 15 is 0 Å². The van der Waals surface area contributed by atoms with Crippen LogP contribution in [0.2, 0.25) is 0 Å². The Morgan fingerprint density at radius 1 is 1.00 bits per heavy atom. The number of ether oxygens (including phenoxy) is 1. The first kappa shape index (κ1) is 19.9. The van der Waals surface area contributed by atoms with Crippen molar-refractivity contribution in [3.8, 4) is 0 Å². The predicted molar refractivity (Wildman–Crippen MR) is 90.8 cm³/mol. The fraction of sp³-hybridized carbons (Fsp3) is 1.00. The third-order valence-electron chi connectivity index (χ3n) is 4.89. The Kier molecular flexibility index (Phi) is 9.57. The predicted octanol–water partition coefficient (Wildman–Crippen LogP) is 3.31. The number of aliphatic hydroxyl groups is 2. The Balaban J connectivity index is 2.49. The molecule has 0 aliphatic heterocycles. The summed E-state index contributed by atoms with van der Waals surface area (Å²) >= 11 is 0. The normalized spacial score (nSPS) is 28.6. The number of hydrogen-bond donors (Lipinski definition) is 2. The molecule has 0 heterocycles. The van der Waals surface area contributed by atoms with Crippen molar-refractivity contribution in [2.45, 2.75) is 96.0 Å². The number of likely N-dealkylation sites (N-methyl/N-ethyl adjacent to an activating group) is 1. The van der Waals surface area contributed by atoms with Crippen molar-refractivity contribution in [1.82, 2.24) is 4.90 Å². The minimum Gasteiger partial charge on any atom is -0.393 e. The molecular formula is C18H37NO3. The van der Waals surface area contributed by atoms with Gasteiger partial charge in [-0.15, -0.1) is 0 Å². The van der Waals surface area contributed by atoms with Gasteiger partial charge >= 0.3 is 0 Å². The fourth-order valence-corrected chi connectivity index (χ4v) is 3.42. The van der Waals surface area contributed by atoms with Crippen LogP contribution in [0.1, 0.15) is 78.1 Å². The van der Waals surface area contributed by atoms with E-state index in [1.54, 1.807) is 0 Å². The lowest BCUT2D eigenvalue weighted by atomic mass is 10.1. The van der Waals surface area contributed by atoms with Crippen molar-refractivity contribution in [3.63, 3.8) is 0 Å². The average Bonchev–Trinajstić information content (AvgIpc) is 2.78. The summed E-state index contributed by atoms with van der Waals surface area (Å²) in [6.07, 6.45) is 9.40. The lowest BCUT2D eigenvalue weighted by Gasteiger charge is -2.41. The Morgan fingerprint density at radius 3 is 2.23 bits per heavy atom. The maximum Gasteiger partial charge on any atom is 0.150 e. The molecule has 0 unspecified atom stereocenters. The molecule has 1 rings (SSSR count). The van der Waals surface area contributed by atoms with Crippen molar-refractivity contribution < 1.29 is 14.9 Å². The van der Waals surface area contributed by atoms with Gasteiger partial charge in [-0.05, 0) is 19.9 Å². The SMILES string of the molecule is CCCCCCCN(C)[C@@]1(OCCCCC)C[C@H](O)C[C@@H]1O. The van der Waals surface area contributed by atoms with Crippen LogP contribution in [-0.2, 0) is 4.74 Å². The molecule has 1 fully saturated rings. The number of unbranched alkanes of at least 4 members (excludes halogenated alkanes) is 6. The zero-order valence-electron chi connectivity index (χ0n) is 14.9. The first-order chi connectivity index (χ1) is 10.6. The van der Waals surface area contributed by atoms with E-state index in [9.17, 15) is 10.2 Å². The largest absolute Gasteiger partial charge is 0.393 e. The summed E-state index contributed by atoms with van der Waals surface area (Å²) < 4.78 is 6.13. The second-order valence-corrected chi connectivity index (χ2v) is 6.85. The number of nitrogens with zero attached hydrogens (tertiary/aromatic N) is 1. The highest BCUT2D eigenvalue weighted by Crippen LogP contribution is 2.36. The van der Waals surface area contributed by atoms with Gasteiger partial charge in [0, 0.05) is 26.0 Å². The minimum atomic E-state index is -0.683. The minimum absolute atomic E-state index is 0.425. The zero-order valence-corrected chi connectivity index (χ0v) is 14.9. The smallest absolute Gasteiger partial charge is 0.150 e. The lowest BCUT2D eigenvalue weighted by Crippen LogP contribution is -2.54. The van der Waals surface area contributed by atoms with Crippen molar-refractivity contribution in [2.24, 2.45) is 0 Å². The second-order valence-electron chi connectivity index (χ2n) is 6.85. The molecule has 4 heteroatoms. The van der Waals surface area contributed by atoms with Gasteiger partial charge in [0.2, 0.25) is 0 Å². The van der Waals surface area contributed by atoms with Gasteiger partial charge in [0.05, 0.1) is 12.2 Å². The number of rotatable bonds is 12. The highest BCUT2D eigenvalue weighted by atomic mass is 16.5. The first-order valence-electron chi connectivity index (χ1n) is 9.28. The van der Waals surface area contributed by atoms with E-state index in [0.29, 0.717) is 19.4 Å². The molecule has 0 aromatic carbocycles. The monoisotopic (exact) mass is 315 g/mol. The van der Waals surface area contributed by atoms with Gasteiger partial charge in [0.25, 0.3) is 0 Å².